The normalized spacial score (nSPS) is 16.1. The summed E-state index contributed by atoms with van der Waals surface area (Å²) in [5.74, 6) is 0.412. The first-order chi connectivity index (χ1) is 13.9. The van der Waals surface area contributed by atoms with Gasteiger partial charge in [0.15, 0.2) is 10.1 Å². The number of carbonyl (C=O) groups is 1. The molecule has 0 unspecified atom stereocenters. The fraction of sp³-hybridized carbons (Fsp3) is 0.227. The average molecular weight is 423 g/mol. The van der Waals surface area contributed by atoms with Crippen LogP contribution in [0.15, 0.2) is 70.7 Å². The lowest BCUT2D eigenvalue weighted by molar-refractivity contribution is -0.112. The first-order valence-electron chi connectivity index (χ1n) is 9.32. The van der Waals surface area contributed by atoms with E-state index in [9.17, 15) is 4.79 Å². The number of thioether (sulfide) groups is 1. The second kappa shape index (κ2) is 8.00. The molecular weight excluding hydrogens is 400 g/mol. The van der Waals surface area contributed by atoms with Gasteiger partial charge in [0, 0.05) is 35.6 Å². The van der Waals surface area contributed by atoms with Crippen molar-refractivity contribution in [2.45, 2.75) is 23.6 Å². The minimum absolute atomic E-state index is 0.0745. The fourth-order valence-corrected chi connectivity index (χ4v) is 5.14. The van der Waals surface area contributed by atoms with Crippen molar-refractivity contribution in [2.24, 2.45) is 0 Å². The van der Waals surface area contributed by atoms with Gasteiger partial charge < -0.3 is 10.2 Å². The van der Waals surface area contributed by atoms with Gasteiger partial charge in [-0.3, -0.25) is 4.79 Å². The van der Waals surface area contributed by atoms with Crippen molar-refractivity contribution in [2.75, 3.05) is 23.0 Å². The van der Waals surface area contributed by atoms with E-state index >= 15 is 0 Å². The molecule has 5 nitrogen and oxygen atoms in total. The molecule has 0 amide bonds. The number of para-hydroxylation sites is 2. The lowest BCUT2D eigenvalue weighted by Gasteiger charge is -2.23. The molecule has 0 atom stereocenters. The summed E-state index contributed by atoms with van der Waals surface area (Å²) in [5.41, 5.74) is 4.20. The van der Waals surface area contributed by atoms with Crippen LogP contribution in [0, 0.1) is 0 Å². The van der Waals surface area contributed by atoms with Gasteiger partial charge in [-0.15, -0.1) is 10.2 Å². The van der Waals surface area contributed by atoms with Crippen LogP contribution in [0.2, 0.25) is 0 Å². The second-order valence-electron chi connectivity index (χ2n) is 7.35. The minimum Gasteiger partial charge on any atom is -0.347 e. The number of benzene rings is 2. The maximum absolute atomic E-state index is 12.7. The highest BCUT2D eigenvalue weighted by atomic mass is 32.2. The van der Waals surface area contributed by atoms with Crippen molar-refractivity contribution < 1.29 is 4.79 Å². The molecule has 148 valence electrons. The Labute approximate surface area is 178 Å². The van der Waals surface area contributed by atoms with Crippen molar-refractivity contribution in [3.63, 3.8) is 0 Å². The number of anilines is 3. The molecule has 0 spiro atoms. The van der Waals surface area contributed by atoms with Crippen LogP contribution < -0.4 is 10.2 Å². The molecular formula is C22H22N4OS2. The topological polar surface area (TPSA) is 58.1 Å². The van der Waals surface area contributed by atoms with Gasteiger partial charge >= 0.3 is 0 Å². The third kappa shape index (κ3) is 4.06. The molecule has 2 aromatic carbocycles. The number of fused-ring (bicyclic) bond motifs is 1. The smallest absolute Gasteiger partial charge is 0.210 e. The number of nitrogens with one attached hydrogen (secondary N) is 1. The predicted octanol–water partition coefficient (Wildman–Crippen LogP) is 5.25. The van der Waals surface area contributed by atoms with Crippen molar-refractivity contribution in [3.8, 4) is 0 Å². The van der Waals surface area contributed by atoms with Gasteiger partial charge in [-0.25, -0.2) is 0 Å². The summed E-state index contributed by atoms with van der Waals surface area (Å²) in [4.78, 5) is 14.8. The summed E-state index contributed by atoms with van der Waals surface area (Å²) in [5, 5.41) is 12.3. The number of hydrogen-bond donors (Lipinski definition) is 1. The quantitative estimate of drug-likeness (QED) is 0.432. The van der Waals surface area contributed by atoms with Gasteiger partial charge in [-0.05, 0) is 23.8 Å². The number of carbonyl (C=O) groups excluding carboxylic acids is 1. The predicted molar refractivity (Wildman–Crippen MR) is 121 cm³/mol. The van der Waals surface area contributed by atoms with Gasteiger partial charge in [0.05, 0.1) is 5.75 Å². The van der Waals surface area contributed by atoms with Crippen molar-refractivity contribution >= 4 is 45.4 Å². The van der Waals surface area contributed by atoms with Crippen LogP contribution in [0.1, 0.15) is 19.4 Å². The van der Waals surface area contributed by atoms with Gasteiger partial charge in [-0.1, -0.05) is 73.3 Å². The van der Waals surface area contributed by atoms with E-state index in [1.54, 1.807) is 6.08 Å². The van der Waals surface area contributed by atoms with Crippen LogP contribution in [-0.4, -0.2) is 28.8 Å². The van der Waals surface area contributed by atoms with Crippen molar-refractivity contribution in [3.05, 3.63) is 71.9 Å². The highest BCUT2D eigenvalue weighted by Crippen LogP contribution is 2.46. The monoisotopic (exact) mass is 422 g/mol. The standard InChI is InChI=1S/C22H22N4OS2/c1-22(2)17-11-7-8-12-18(17)26(3)19(22)13-16(27)14-28-21-25-24-20(29-21)23-15-9-5-4-6-10-15/h4-13H,14H2,1-3H3,(H,23,24). The Morgan fingerprint density at radius 1 is 1.14 bits per heavy atom. The lowest BCUT2D eigenvalue weighted by atomic mass is 9.83. The van der Waals surface area contributed by atoms with Crippen LogP contribution >= 0.6 is 23.1 Å². The van der Waals surface area contributed by atoms with Crippen LogP contribution in [0.25, 0.3) is 0 Å². The van der Waals surface area contributed by atoms with E-state index in [4.69, 9.17) is 0 Å². The number of rotatable bonds is 6. The van der Waals surface area contributed by atoms with E-state index in [1.807, 2.05) is 49.5 Å². The lowest BCUT2D eigenvalue weighted by Crippen LogP contribution is -2.24. The van der Waals surface area contributed by atoms with E-state index < -0.39 is 0 Å². The summed E-state index contributed by atoms with van der Waals surface area (Å²) in [6.07, 6.45) is 1.77. The molecule has 0 radical (unpaired) electrons. The summed E-state index contributed by atoms with van der Waals surface area (Å²) in [6.45, 7) is 4.32. The molecule has 3 aromatic rings. The molecule has 1 aromatic heterocycles. The molecule has 7 heteroatoms. The maximum Gasteiger partial charge on any atom is 0.210 e. The maximum atomic E-state index is 12.7. The highest BCUT2D eigenvalue weighted by Gasteiger charge is 2.38. The van der Waals surface area contributed by atoms with Crippen molar-refractivity contribution in [1.29, 1.82) is 0 Å². The Balaban J connectivity index is 1.41. The Bertz CT molecular complexity index is 1060. The van der Waals surface area contributed by atoms with Crippen LogP contribution in [0.4, 0.5) is 16.5 Å². The Morgan fingerprint density at radius 2 is 1.86 bits per heavy atom. The molecule has 0 saturated heterocycles. The number of aromatic nitrogens is 2. The van der Waals surface area contributed by atoms with E-state index in [2.05, 4.69) is 46.4 Å². The van der Waals surface area contributed by atoms with Gasteiger partial charge in [-0.2, -0.15) is 0 Å². The highest BCUT2D eigenvalue weighted by molar-refractivity contribution is 8.01. The van der Waals surface area contributed by atoms with Gasteiger partial charge in [0.1, 0.15) is 0 Å². The van der Waals surface area contributed by atoms with Crippen LogP contribution in [-0.2, 0) is 10.2 Å². The zero-order valence-electron chi connectivity index (χ0n) is 16.5. The molecule has 1 N–H and O–H groups in total. The summed E-state index contributed by atoms with van der Waals surface area (Å²) in [6, 6.07) is 18.1. The second-order valence-corrected chi connectivity index (χ2v) is 9.55. The largest absolute Gasteiger partial charge is 0.347 e. The number of allylic oxidation sites excluding steroid dienone is 2. The van der Waals surface area contributed by atoms with E-state index in [0.717, 1.165) is 26.5 Å². The van der Waals surface area contributed by atoms with Gasteiger partial charge in [0.2, 0.25) is 5.13 Å². The Hall–Kier alpha value is -2.64. The SMILES string of the molecule is CN1C(=CC(=O)CSc2nnc(Nc3ccccc3)s2)C(C)(C)c2ccccc21. The van der Waals surface area contributed by atoms with Crippen LogP contribution in [0.3, 0.4) is 0 Å². The average Bonchev–Trinajstić information content (AvgIpc) is 3.24. The molecule has 2 heterocycles. The molecule has 1 aliphatic rings. The number of hydrogen-bond acceptors (Lipinski definition) is 7. The molecule has 0 bridgehead atoms. The third-order valence-corrected chi connectivity index (χ3v) is 7.00. The number of likely N-dealkylation sites (N-methyl/N-ethyl adjacent to an activating group) is 1. The van der Waals surface area contributed by atoms with Crippen LogP contribution in [0.5, 0.6) is 0 Å². The third-order valence-electron chi connectivity index (χ3n) is 5.01. The Morgan fingerprint density at radius 3 is 2.62 bits per heavy atom. The van der Waals surface area contributed by atoms with E-state index in [0.29, 0.717) is 5.75 Å². The molecule has 1 aliphatic heterocycles. The summed E-state index contributed by atoms with van der Waals surface area (Å²) in [7, 11) is 2.02. The zero-order valence-corrected chi connectivity index (χ0v) is 18.2. The fourth-order valence-electron chi connectivity index (χ4n) is 3.55. The molecule has 0 saturated carbocycles. The molecule has 29 heavy (non-hydrogen) atoms. The van der Waals surface area contributed by atoms with Gasteiger partial charge in [0.25, 0.3) is 0 Å². The first-order valence-corrected chi connectivity index (χ1v) is 11.1. The number of nitrogens with zero attached hydrogens (tertiary/aromatic N) is 3. The zero-order chi connectivity index (χ0) is 20.4. The van der Waals surface area contributed by atoms with E-state index in [1.165, 1.54) is 28.7 Å². The summed E-state index contributed by atoms with van der Waals surface area (Å²) >= 11 is 2.87. The summed E-state index contributed by atoms with van der Waals surface area (Å²) < 4.78 is 0.775. The van der Waals surface area contributed by atoms with Crippen molar-refractivity contribution in [1.82, 2.24) is 10.2 Å². The Kier molecular flexibility index (Phi) is 5.43. The molecule has 0 aliphatic carbocycles. The minimum atomic E-state index is -0.193. The first kappa shape index (κ1) is 19.7. The molecule has 0 fully saturated rings. The number of ketones is 1. The molecule has 4 rings (SSSR count). The van der Waals surface area contributed by atoms with E-state index in [-0.39, 0.29) is 11.2 Å².